The summed E-state index contributed by atoms with van der Waals surface area (Å²) < 4.78 is 34.5. The summed E-state index contributed by atoms with van der Waals surface area (Å²) in [4.78, 5) is 0. The standard InChI is InChI=1S/C27H38F2O/c1-2-3-19-6-11-22(12-7-19)23-13-9-21(10-14-23)18-30-25-17-16-24(26(28)27(25)29)15-8-20-4-5-20/h9,16-17,19-20,22-23H,2-8,10-15,18H2,1H3. The second-order valence-electron chi connectivity index (χ2n) is 10.1. The second-order valence-corrected chi connectivity index (χ2v) is 10.1. The highest BCUT2D eigenvalue weighted by molar-refractivity contribution is 5.31. The molecule has 1 aromatic rings. The van der Waals surface area contributed by atoms with Gasteiger partial charge in [-0.2, -0.15) is 4.39 Å². The summed E-state index contributed by atoms with van der Waals surface area (Å²) in [5.74, 6) is 1.88. The molecule has 0 amide bonds. The summed E-state index contributed by atoms with van der Waals surface area (Å²) >= 11 is 0. The van der Waals surface area contributed by atoms with E-state index in [9.17, 15) is 8.78 Å². The average molecular weight is 417 g/mol. The minimum atomic E-state index is -0.818. The minimum Gasteiger partial charge on any atom is -0.486 e. The molecule has 0 N–H and O–H groups in total. The van der Waals surface area contributed by atoms with Gasteiger partial charge in [-0.15, -0.1) is 0 Å². The summed E-state index contributed by atoms with van der Waals surface area (Å²) in [7, 11) is 0. The maximum absolute atomic E-state index is 14.4. The molecule has 1 aromatic carbocycles. The lowest BCUT2D eigenvalue weighted by Gasteiger charge is -2.35. The molecule has 2 fully saturated rings. The first kappa shape index (κ1) is 21.8. The Bertz CT molecular complexity index is 729. The van der Waals surface area contributed by atoms with Crippen molar-refractivity contribution in [3.05, 3.63) is 41.0 Å². The van der Waals surface area contributed by atoms with Gasteiger partial charge in [0.15, 0.2) is 11.6 Å². The molecule has 1 nitrogen and oxygen atoms in total. The predicted molar refractivity (Wildman–Crippen MR) is 119 cm³/mol. The van der Waals surface area contributed by atoms with Gasteiger partial charge in [-0.3, -0.25) is 0 Å². The monoisotopic (exact) mass is 416 g/mol. The molecule has 0 spiro atoms. The molecule has 3 aliphatic rings. The van der Waals surface area contributed by atoms with Crippen molar-refractivity contribution in [1.82, 2.24) is 0 Å². The quantitative estimate of drug-likeness (QED) is 0.370. The zero-order valence-electron chi connectivity index (χ0n) is 18.6. The number of halogens is 2. The van der Waals surface area contributed by atoms with Crippen LogP contribution in [0.3, 0.4) is 0 Å². The van der Waals surface area contributed by atoms with Gasteiger partial charge in [-0.1, -0.05) is 57.6 Å². The van der Waals surface area contributed by atoms with E-state index in [1.165, 1.54) is 63.4 Å². The zero-order valence-corrected chi connectivity index (χ0v) is 18.6. The Hall–Kier alpha value is -1.38. The molecule has 0 radical (unpaired) electrons. The Morgan fingerprint density at radius 3 is 2.27 bits per heavy atom. The summed E-state index contributed by atoms with van der Waals surface area (Å²) in [6.45, 7) is 2.68. The first-order chi connectivity index (χ1) is 14.6. The van der Waals surface area contributed by atoms with Gasteiger partial charge >= 0.3 is 0 Å². The molecule has 30 heavy (non-hydrogen) atoms. The van der Waals surface area contributed by atoms with Crippen LogP contribution in [-0.4, -0.2) is 6.61 Å². The van der Waals surface area contributed by atoms with Crippen molar-refractivity contribution in [3.8, 4) is 5.75 Å². The molecule has 4 rings (SSSR count). The maximum Gasteiger partial charge on any atom is 0.200 e. The Kier molecular flexibility index (Phi) is 7.49. The van der Waals surface area contributed by atoms with Crippen molar-refractivity contribution in [2.24, 2.45) is 23.7 Å². The SMILES string of the molecule is CCCC1CCC(C2CC=C(COc3ccc(CCC4CC4)c(F)c3F)CC2)CC1. The molecule has 0 bridgehead atoms. The van der Waals surface area contributed by atoms with Gasteiger partial charge in [0.05, 0.1) is 0 Å². The van der Waals surface area contributed by atoms with Gasteiger partial charge in [-0.05, 0) is 85.8 Å². The first-order valence-corrected chi connectivity index (χ1v) is 12.4. The molecule has 1 unspecified atom stereocenters. The maximum atomic E-state index is 14.4. The number of allylic oxidation sites excluding steroid dienone is 1. The van der Waals surface area contributed by atoms with E-state index in [1.807, 2.05) is 0 Å². The largest absolute Gasteiger partial charge is 0.486 e. The van der Waals surface area contributed by atoms with Crippen molar-refractivity contribution in [1.29, 1.82) is 0 Å². The van der Waals surface area contributed by atoms with Gasteiger partial charge in [0.25, 0.3) is 0 Å². The zero-order chi connectivity index (χ0) is 20.9. The summed E-state index contributed by atoms with van der Waals surface area (Å²) in [6.07, 6.45) is 18.1. The third-order valence-corrected chi connectivity index (χ3v) is 7.86. The lowest BCUT2D eigenvalue weighted by molar-refractivity contribution is 0.184. The highest BCUT2D eigenvalue weighted by atomic mass is 19.2. The van der Waals surface area contributed by atoms with Gasteiger partial charge in [0, 0.05) is 0 Å². The van der Waals surface area contributed by atoms with Crippen molar-refractivity contribution in [2.75, 3.05) is 6.61 Å². The number of ether oxygens (including phenoxy) is 1. The lowest BCUT2D eigenvalue weighted by Crippen LogP contribution is -2.23. The summed E-state index contributed by atoms with van der Waals surface area (Å²) in [5.41, 5.74) is 1.73. The van der Waals surface area contributed by atoms with Crippen molar-refractivity contribution in [3.63, 3.8) is 0 Å². The van der Waals surface area contributed by atoms with Gasteiger partial charge < -0.3 is 4.74 Å². The Balaban J connectivity index is 1.24. The van der Waals surface area contributed by atoms with Crippen LogP contribution < -0.4 is 4.74 Å². The molecule has 2 saturated carbocycles. The van der Waals surface area contributed by atoms with Gasteiger partial charge in [-0.25, -0.2) is 4.39 Å². The van der Waals surface area contributed by atoms with E-state index in [0.29, 0.717) is 18.6 Å². The Labute approximate surface area is 181 Å². The fourth-order valence-corrected chi connectivity index (χ4v) is 5.64. The van der Waals surface area contributed by atoms with E-state index in [4.69, 9.17) is 4.74 Å². The van der Waals surface area contributed by atoms with Crippen LogP contribution in [-0.2, 0) is 6.42 Å². The molecule has 166 valence electrons. The van der Waals surface area contributed by atoms with E-state index in [2.05, 4.69) is 13.0 Å². The van der Waals surface area contributed by atoms with Crippen LogP contribution in [0.2, 0.25) is 0 Å². The van der Waals surface area contributed by atoms with Crippen molar-refractivity contribution in [2.45, 2.75) is 90.4 Å². The van der Waals surface area contributed by atoms with Crippen LogP contribution in [0.5, 0.6) is 5.75 Å². The van der Waals surface area contributed by atoms with Crippen LogP contribution in [0, 0.1) is 35.3 Å². The highest BCUT2D eigenvalue weighted by Gasteiger charge is 2.28. The number of benzene rings is 1. The molecule has 1 atom stereocenters. The molecule has 0 heterocycles. The van der Waals surface area contributed by atoms with Crippen molar-refractivity contribution >= 4 is 0 Å². The van der Waals surface area contributed by atoms with E-state index < -0.39 is 11.6 Å². The van der Waals surface area contributed by atoms with E-state index in [0.717, 1.165) is 42.9 Å². The van der Waals surface area contributed by atoms with Crippen LogP contribution in [0.25, 0.3) is 0 Å². The molecule has 0 aromatic heterocycles. The van der Waals surface area contributed by atoms with E-state index >= 15 is 0 Å². The minimum absolute atomic E-state index is 0.0555. The molecule has 3 aliphatic carbocycles. The fourth-order valence-electron chi connectivity index (χ4n) is 5.64. The predicted octanol–water partition coefficient (Wildman–Crippen LogP) is 8.02. The van der Waals surface area contributed by atoms with Crippen LogP contribution in [0.4, 0.5) is 8.78 Å². The second kappa shape index (κ2) is 10.3. The summed E-state index contributed by atoms with van der Waals surface area (Å²) in [5, 5.41) is 0. The summed E-state index contributed by atoms with van der Waals surface area (Å²) in [6, 6.07) is 3.32. The molecular formula is C27H38F2O. The highest BCUT2D eigenvalue weighted by Crippen LogP contribution is 2.41. The normalized spacial score (nSPS) is 27.0. The van der Waals surface area contributed by atoms with Crippen molar-refractivity contribution < 1.29 is 13.5 Å². The molecule has 0 saturated heterocycles. The smallest absolute Gasteiger partial charge is 0.200 e. The van der Waals surface area contributed by atoms with Crippen LogP contribution in [0.15, 0.2) is 23.8 Å². The lowest BCUT2D eigenvalue weighted by atomic mass is 9.71. The average Bonchev–Trinajstić information content (AvgIpc) is 3.60. The van der Waals surface area contributed by atoms with Crippen LogP contribution in [0.1, 0.15) is 89.5 Å². The molecule has 0 aliphatic heterocycles. The topological polar surface area (TPSA) is 9.23 Å². The number of hydrogen-bond donors (Lipinski definition) is 0. The third-order valence-electron chi connectivity index (χ3n) is 7.86. The Morgan fingerprint density at radius 1 is 0.867 bits per heavy atom. The van der Waals surface area contributed by atoms with Crippen LogP contribution >= 0.6 is 0 Å². The number of hydrogen-bond acceptors (Lipinski definition) is 1. The number of aryl methyl sites for hydroxylation is 1. The van der Waals surface area contributed by atoms with E-state index in [1.54, 1.807) is 12.1 Å². The Morgan fingerprint density at radius 2 is 1.60 bits per heavy atom. The fraction of sp³-hybridized carbons (Fsp3) is 0.704. The molecule has 3 heteroatoms. The van der Waals surface area contributed by atoms with E-state index in [-0.39, 0.29) is 5.75 Å². The first-order valence-electron chi connectivity index (χ1n) is 12.4. The van der Waals surface area contributed by atoms with Gasteiger partial charge in [0.1, 0.15) is 6.61 Å². The van der Waals surface area contributed by atoms with Gasteiger partial charge in [0.2, 0.25) is 5.82 Å². The number of rotatable bonds is 9. The third kappa shape index (κ3) is 5.65. The molecular weight excluding hydrogens is 378 g/mol.